The van der Waals surface area contributed by atoms with Gasteiger partial charge in [-0.1, -0.05) is 162 Å². The summed E-state index contributed by atoms with van der Waals surface area (Å²) in [6.07, 6.45) is 0. The lowest BCUT2D eigenvalue weighted by Crippen LogP contribution is -2.61. The van der Waals surface area contributed by atoms with Crippen molar-refractivity contribution in [3.05, 3.63) is 162 Å². The molecule has 0 spiro atoms. The van der Waals surface area contributed by atoms with Crippen LogP contribution in [0.15, 0.2) is 140 Å². The van der Waals surface area contributed by atoms with E-state index in [1.807, 2.05) is 11.3 Å². The molecule has 2 nitrogen and oxygen atoms in total. The molecule has 0 amide bonds. The molecule has 62 heavy (non-hydrogen) atoms. The lowest BCUT2D eigenvalue weighted by atomic mass is 9.33. The smallest absolute Gasteiger partial charge is 0.252 e. The van der Waals surface area contributed by atoms with Gasteiger partial charge in [0.25, 0.3) is 6.71 Å². The summed E-state index contributed by atoms with van der Waals surface area (Å²) in [5, 5.41) is 2.67. The van der Waals surface area contributed by atoms with Crippen molar-refractivity contribution in [3.8, 4) is 11.1 Å². The molecule has 0 bridgehead atoms. The highest BCUT2D eigenvalue weighted by Crippen LogP contribution is 2.48. The highest BCUT2D eigenvalue weighted by Gasteiger charge is 2.45. The number of fused-ring (bicyclic) bond motifs is 7. The van der Waals surface area contributed by atoms with Crippen LogP contribution in [-0.4, -0.2) is 6.71 Å². The summed E-state index contributed by atoms with van der Waals surface area (Å²) in [6, 6.07) is 54.1. The monoisotopic (exact) mass is 826 g/mol. The second-order valence-corrected chi connectivity index (χ2v) is 23.0. The summed E-state index contributed by atoms with van der Waals surface area (Å²) in [5.74, 6) is 0. The van der Waals surface area contributed by atoms with Gasteiger partial charge in [-0.25, -0.2) is 0 Å². The Morgan fingerprint density at radius 1 is 0.403 bits per heavy atom. The number of anilines is 6. The highest BCUT2D eigenvalue weighted by molar-refractivity contribution is 7.26. The van der Waals surface area contributed by atoms with Crippen LogP contribution in [0.5, 0.6) is 0 Å². The van der Waals surface area contributed by atoms with Gasteiger partial charge in [0, 0.05) is 54.3 Å². The first-order valence-corrected chi connectivity index (χ1v) is 23.3. The van der Waals surface area contributed by atoms with Crippen LogP contribution in [0.4, 0.5) is 34.1 Å². The molecule has 0 atom stereocenters. The fourth-order valence-corrected chi connectivity index (χ4v) is 11.0. The van der Waals surface area contributed by atoms with E-state index in [9.17, 15) is 0 Å². The molecule has 0 radical (unpaired) electrons. The van der Waals surface area contributed by atoms with Crippen molar-refractivity contribution in [2.75, 3.05) is 9.80 Å². The standard InChI is InChI=1S/C58H59BN2S/c1-55(2,3)37-22-28-42(29-23-37)61-48-33-39(57(7,8)9)25-31-46(48)59-45-30-24-38(56(4,5)6)32-47(45)60(49-34-40(58(10,11)12)35-50(61)54(49)59)41-26-20-36(21-27-41)43-17-15-19-52-53(43)44-16-13-14-18-51(44)62-52/h13-35H,1-12H3. The van der Waals surface area contributed by atoms with Crippen molar-refractivity contribution >= 4 is 88.7 Å². The normalized spacial score (nSPS) is 14.0. The van der Waals surface area contributed by atoms with Crippen LogP contribution in [0.2, 0.25) is 0 Å². The van der Waals surface area contributed by atoms with E-state index in [0.717, 1.165) is 0 Å². The average Bonchev–Trinajstić information content (AvgIpc) is 3.61. The van der Waals surface area contributed by atoms with Crippen molar-refractivity contribution < 1.29 is 0 Å². The van der Waals surface area contributed by atoms with Crippen LogP contribution in [0.1, 0.15) is 105 Å². The molecule has 0 N–H and O–H groups in total. The van der Waals surface area contributed by atoms with Gasteiger partial charge in [0.2, 0.25) is 0 Å². The summed E-state index contributed by atoms with van der Waals surface area (Å²) in [5.41, 5.74) is 19.3. The maximum atomic E-state index is 2.59. The third-order valence-electron chi connectivity index (χ3n) is 13.5. The zero-order chi connectivity index (χ0) is 43.7. The van der Waals surface area contributed by atoms with Gasteiger partial charge in [0.15, 0.2) is 0 Å². The first kappa shape index (κ1) is 40.5. The molecular weight excluding hydrogens is 768 g/mol. The molecule has 0 saturated heterocycles. The van der Waals surface area contributed by atoms with Gasteiger partial charge in [0.1, 0.15) is 0 Å². The van der Waals surface area contributed by atoms with Gasteiger partial charge in [-0.2, -0.15) is 0 Å². The first-order chi connectivity index (χ1) is 29.3. The van der Waals surface area contributed by atoms with Gasteiger partial charge < -0.3 is 9.80 Å². The number of rotatable bonds is 3. The largest absolute Gasteiger partial charge is 0.311 e. The van der Waals surface area contributed by atoms with Crippen molar-refractivity contribution in [1.29, 1.82) is 0 Å². The Kier molecular flexibility index (Phi) is 9.12. The first-order valence-electron chi connectivity index (χ1n) is 22.5. The van der Waals surface area contributed by atoms with E-state index in [1.165, 1.54) is 104 Å². The predicted molar refractivity (Wildman–Crippen MR) is 274 cm³/mol. The number of hydrogen-bond donors (Lipinski definition) is 0. The van der Waals surface area contributed by atoms with E-state index in [1.54, 1.807) is 0 Å². The third kappa shape index (κ3) is 6.60. The molecule has 2 aliphatic heterocycles. The van der Waals surface area contributed by atoms with Crippen LogP contribution in [-0.2, 0) is 21.7 Å². The van der Waals surface area contributed by atoms with Crippen molar-refractivity contribution in [3.63, 3.8) is 0 Å². The van der Waals surface area contributed by atoms with E-state index < -0.39 is 0 Å². The lowest BCUT2D eigenvalue weighted by Gasteiger charge is -2.45. The maximum Gasteiger partial charge on any atom is 0.252 e. The molecule has 10 rings (SSSR count). The highest BCUT2D eigenvalue weighted by atomic mass is 32.1. The number of nitrogens with zero attached hydrogens (tertiary/aromatic N) is 2. The van der Waals surface area contributed by atoms with Gasteiger partial charge >= 0.3 is 0 Å². The summed E-state index contributed by atoms with van der Waals surface area (Å²) in [6.45, 7) is 28.0. The second kappa shape index (κ2) is 14.0. The SMILES string of the molecule is CC(C)(C)c1ccc(N2c3cc(C(C)(C)C)ccc3B3c4ccc(C(C)(C)C)cc4N(c4ccc(-c5cccc6sc7ccccc7c56)cc4)c4cc(C(C)(C)C)cc2c43)cc1. The van der Waals surface area contributed by atoms with Crippen LogP contribution in [0, 0.1) is 0 Å². The average molecular weight is 827 g/mol. The molecule has 0 unspecified atom stereocenters. The van der Waals surface area contributed by atoms with Gasteiger partial charge in [-0.3, -0.25) is 0 Å². The topological polar surface area (TPSA) is 6.48 Å². The summed E-state index contributed by atoms with van der Waals surface area (Å²) in [4.78, 5) is 5.18. The minimum Gasteiger partial charge on any atom is -0.311 e. The summed E-state index contributed by atoms with van der Waals surface area (Å²) >= 11 is 1.88. The molecular formula is C58H59BN2S. The fourth-order valence-electron chi connectivity index (χ4n) is 9.83. The molecule has 4 heteroatoms. The molecule has 0 saturated carbocycles. The van der Waals surface area contributed by atoms with Gasteiger partial charge in [-0.05, 0) is 132 Å². The van der Waals surface area contributed by atoms with E-state index in [2.05, 4.69) is 232 Å². The Bertz CT molecular complexity index is 3050. The molecule has 7 aromatic carbocycles. The van der Waals surface area contributed by atoms with E-state index in [0.29, 0.717) is 0 Å². The quantitative estimate of drug-likeness (QED) is 0.164. The Morgan fingerprint density at radius 2 is 0.855 bits per heavy atom. The van der Waals surface area contributed by atoms with E-state index in [-0.39, 0.29) is 28.4 Å². The molecule has 310 valence electrons. The second-order valence-electron chi connectivity index (χ2n) is 21.9. The van der Waals surface area contributed by atoms with E-state index >= 15 is 0 Å². The summed E-state index contributed by atoms with van der Waals surface area (Å²) < 4.78 is 2.66. The van der Waals surface area contributed by atoms with Gasteiger partial charge in [0.05, 0.1) is 0 Å². The Labute approximate surface area is 374 Å². The fraction of sp³-hybridized carbons (Fsp3) is 0.276. The van der Waals surface area contributed by atoms with Crippen molar-refractivity contribution in [1.82, 2.24) is 0 Å². The Hall–Kier alpha value is -5.58. The molecule has 0 fully saturated rings. The minimum absolute atomic E-state index is 0.00736. The maximum absolute atomic E-state index is 2.59. The Morgan fingerprint density at radius 3 is 1.37 bits per heavy atom. The third-order valence-corrected chi connectivity index (χ3v) is 14.6. The van der Waals surface area contributed by atoms with Crippen molar-refractivity contribution in [2.24, 2.45) is 0 Å². The Balaban J connectivity index is 1.25. The van der Waals surface area contributed by atoms with Gasteiger partial charge in [-0.15, -0.1) is 11.3 Å². The van der Waals surface area contributed by atoms with Crippen LogP contribution >= 0.6 is 11.3 Å². The van der Waals surface area contributed by atoms with E-state index in [4.69, 9.17) is 0 Å². The molecule has 0 aliphatic carbocycles. The lowest BCUT2D eigenvalue weighted by molar-refractivity contribution is 0.589. The number of benzene rings is 7. The zero-order valence-corrected chi connectivity index (χ0v) is 39.5. The number of hydrogen-bond acceptors (Lipinski definition) is 3. The molecule has 1 aromatic heterocycles. The molecule has 8 aromatic rings. The van der Waals surface area contributed by atoms with Crippen LogP contribution in [0.3, 0.4) is 0 Å². The predicted octanol–water partition coefficient (Wildman–Crippen LogP) is 15.0. The zero-order valence-electron chi connectivity index (χ0n) is 38.7. The van der Waals surface area contributed by atoms with Crippen LogP contribution in [0.25, 0.3) is 31.3 Å². The number of thiophene rings is 1. The van der Waals surface area contributed by atoms with Crippen molar-refractivity contribution in [2.45, 2.75) is 105 Å². The molecule has 3 heterocycles. The summed E-state index contributed by atoms with van der Waals surface area (Å²) in [7, 11) is 0. The molecule has 2 aliphatic rings. The van der Waals surface area contributed by atoms with Crippen LogP contribution < -0.4 is 26.2 Å². The minimum atomic E-state index is -0.0959.